The SMILES string of the molecule is O=C(Nc1c(Cl)cc(-n2nc(C3CC3)cc2C2CC2)nc1Cl)c1ccncc1. The van der Waals surface area contributed by atoms with E-state index in [-0.39, 0.29) is 16.7 Å². The molecule has 2 fully saturated rings. The van der Waals surface area contributed by atoms with Gasteiger partial charge in [-0.3, -0.25) is 9.78 Å². The molecule has 2 saturated carbocycles. The Morgan fingerprint density at radius 3 is 2.43 bits per heavy atom. The quantitative estimate of drug-likeness (QED) is 0.598. The summed E-state index contributed by atoms with van der Waals surface area (Å²) < 4.78 is 1.86. The van der Waals surface area contributed by atoms with E-state index in [2.05, 4.69) is 21.4 Å². The first-order chi connectivity index (χ1) is 13.6. The minimum absolute atomic E-state index is 0.134. The first-order valence-corrected chi connectivity index (χ1v) is 10.0. The Hall–Kier alpha value is -2.44. The molecular formula is C20H17Cl2N5O. The van der Waals surface area contributed by atoms with Crippen LogP contribution in [-0.4, -0.2) is 25.7 Å². The molecule has 0 aromatic carbocycles. The summed E-state index contributed by atoms with van der Waals surface area (Å²) in [5, 5.41) is 7.96. The first kappa shape index (κ1) is 17.6. The van der Waals surface area contributed by atoms with Crippen molar-refractivity contribution in [3.8, 4) is 5.82 Å². The maximum Gasteiger partial charge on any atom is 0.255 e. The number of amides is 1. The van der Waals surface area contributed by atoms with Gasteiger partial charge in [0.2, 0.25) is 0 Å². The Morgan fingerprint density at radius 1 is 1.07 bits per heavy atom. The summed E-state index contributed by atoms with van der Waals surface area (Å²) in [5.41, 5.74) is 3.03. The van der Waals surface area contributed by atoms with Gasteiger partial charge in [0.05, 0.1) is 16.4 Å². The van der Waals surface area contributed by atoms with E-state index >= 15 is 0 Å². The standard InChI is InChI=1S/C20H17Cl2N5O/c21-14-9-17(27-16(12-3-4-12)10-15(26-27)11-1-2-11)24-19(22)18(14)25-20(28)13-5-7-23-8-6-13/h5-12H,1-4H2,(H,25,28). The van der Waals surface area contributed by atoms with E-state index in [9.17, 15) is 4.79 Å². The fourth-order valence-electron chi connectivity index (χ4n) is 3.23. The predicted molar refractivity (Wildman–Crippen MR) is 108 cm³/mol. The molecule has 3 aromatic rings. The number of anilines is 1. The second-order valence-corrected chi connectivity index (χ2v) is 8.04. The molecule has 0 unspecified atom stereocenters. The molecule has 2 aliphatic carbocycles. The highest BCUT2D eigenvalue weighted by Crippen LogP contribution is 2.45. The largest absolute Gasteiger partial charge is 0.318 e. The molecule has 6 nitrogen and oxygen atoms in total. The topological polar surface area (TPSA) is 72.7 Å². The van der Waals surface area contributed by atoms with E-state index in [1.807, 2.05) is 4.68 Å². The van der Waals surface area contributed by atoms with Crippen molar-refractivity contribution in [3.63, 3.8) is 0 Å². The summed E-state index contributed by atoms with van der Waals surface area (Å²) >= 11 is 12.8. The van der Waals surface area contributed by atoms with Crippen LogP contribution in [0.3, 0.4) is 0 Å². The molecule has 5 rings (SSSR count). The van der Waals surface area contributed by atoms with Crippen LogP contribution in [0, 0.1) is 0 Å². The third-order valence-corrected chi connectivity index (χ3v) is 5.63. The predicted octanol–water partition coefficient (Wildman–Crippen LogP) is 4.98. The average molecular weight is 414 g/mol. The minimum atomic E-state index is -0.325. The first-order valence-electron chi connectivity index (χ1n) is 9.28. The molecular weight excluding hydrogens is 397 g/mol. The van der Waals surface area contributed by atoms with E-state index in [4.69, 9.17) is 28.3 Å². The summed E-state index contributed by atoms with van der Waals surface area (Å²) in [6.45, 7) is 0. The van der Waals surface area contributed by atoms with Crippen molar-refractivity contribution in [2.24, 2.45) is 0 Å². The van der Waals surface area contributed by atoms with Crippen molar-refractivity contribution in [2.75, 3.05) is 5.32 Å². The Bertz CT molecular complexity index is 1030. The number of nitrogens with one attached hydrogen (secondary N) is 1. The van der Waals surface area contributed by atoms with Crippen LogP contribution in [0.5, 0.6) is 0 Å². The van der Waals surface area contributed by atoms with Gasteiger partial charge in [0.25, 0.3) is 5.91 Å². The number of hydrogen-bond acceptors (Lipinski definition) is 4. The molecule has 2 aliphatic rings. The zero-order valence-electron chi connectivity index (χ0n) is 14.9. The maximum absolute atomic E-state index is 12.4. The van der Waals surface area contributed by atoms with Crippen molar-refractivity contribution in [1.82, 2.24) is 19.7 Å². The van der Waals surface area contributed by atoms with Gasteiger partial charge in [-0.2, -0.15) is 5.10 Å². The number of rotatable bonds is 5. The summed E-state index contributed by atoms with van der Waals surface area (Å²) in [5.74, 6) is 1.33. The van der Waals surface area contributed by atoms with Crippen molar-refractivity contribution in [1.29, 1.82) is 0 Å². The highest BCUT2D eigenvalue weighted by atomic mass is 35.5. The third-order valence-electron chi connectivity index (χ3n) is 5.06. The fraction of sp³-hybridized carbons (Fsp3) is 0.300. The van der Waals surface area contributed by atoms with Crippen molar-refractivity contribution in [3.05, 3.63) is 63.8 Å². The molecule has 8 heteroatoms. The molecule has 0 saturated heterocycles. The average Bonchev–Trinajstić information content (AvgIpc) is 3.63. The van der Waals surface area contributed by atoms with Gasteiger partial charge < -0.3 is 5.32 Å². The molecule has 3 heterocycles. The van der Waals surface area contributed by atoms with Gasteiger partial charge in [-0.25, -0.2) is 9.67 Å². The summed E-state index contributed by atoms with van der Waals surface area (Å²) in [7, 11) is 0. The number of carbonyl (C=O) groups excluding carboxylic acids is 1. The molecule has 1 amide bonds. The molecule has 28 heavy (non-hydrogen) atoms. The van der Waals surface area contributed by atoms with Gasteiger partial charge in [-0.1, -0.05) is 23.2 Å². The van der Waals surface area contributed by atoms with Crippen LogP contribution in [0.4, 0.5) is 5.69 Å². The van der Waals surface area contributed by atoms with Gasteiger partial charge in [0.1, 0.15) is 0 Å². The molecule has 142 valence electrons. The van der Waals surface area contributed by atoms with E-state index < -0.39 is 0 Å². The highest BCUT2D eigenvalue weighted by Gasteiger charge is 2.33. The van der Waals surface area contributed by atoms with Crippen molar-refractivity contribution in [2.45, 2.75) is 37.5 Å². The van der Waals surface area contributed by atoms with E-state index in [1.165, 1.54) is 12.8 Å². The number of nitrogens with zero attached hydrogens (tertiary/aromatic N) is 4. The highest BCUT2D eigenvalue weighted by molar-refractivity contribution is 6.39. The normalized spacial score (nSPS) is 16.2. The Balaban J connectivity index is 1.47. The van der Waals surface area contributed by atoms with Crippen LogP contribution in [0.2, 0.25) is 10.2 Å². The number of aromatic nitrogens is 4. The van der Waals surface area contributed by atoms with E-state index in [1.54, 1.807) is 30.6 Å². The van der Waals surface area contributed by atoms with Gasteiger partial charge in [-0.05, 0) is 43.9 Å². The lowest BCUT2D eigenvalue weighted by atomic mass is 10.2. The van der Waals surface area contributed by atoms with Crippen LogP contribution in [0.1, 0.15) is 59.3 Å². The molecule has 0 aliphatic heterocycles. The Morgan fingerprint density at radius 2 is 1.79 bits per heavy atom. The lowest BCUT2D eigenvalue weighted by Crippen LogP contribution is -2.14. The number of halogens is 2. The summed E-state index contributed by atoms with van der Waals surface area (Å²) in [4.78, 5) is 20.8. The molecule has 0 spiro atoms. The van der Waals surface area contributed by atoms with Crippen LogP contribution >= 0.6 is 23.2 Å². The zero-order valence-corrected chi connectivity index (χ0v) is 16.4. The third kappa shape index (κ3) is 3.38. The van der Waals surface area contributed by atoms with Crippen LogP contribution in [0.25, 0.3) is 5.82 Å². The van der Waals surface area contributed by atoms with Crippen LogP contribution in [-0.2, 0) is 0 Å². The molecule has 0 bridgehead atoms. The van der Waals surface area contributed by atoms with Gasteiger partial charge in [0, 0.05) is 41.6 Å². The zero-order chi connectivity index (χ0) is 19.3. The van der Waals surface area contributed by atoms with Gasteiger partial charge in [0.15, 0.2) is 11.0 Å². The summed E-state index contributed by atoms with van der Waals surface area (Å²) in [6, 6.07) is 7.12. The van der Waals surface area contributed by atoms with E-state index in [0.717, 1.165) is 24.2 Å². The Kier molecular flexibility index (Phi) is 4.33. The smallest absolute Gasteiger partial charge is 0.255 e. The molecule has 0 atom stereocenters. The monoisotopic (exact) mass is 413 g/mol. The second kappa shape index (κ2) is 6.87. The molecule has 1 N–H and O–H groups in total. The van der Waals surface area contributed by atoms with E-state index in [0.29, 0.717) is 28.2 Å². The molecule has 3 aromatic heterocycles. The number of carbonyl (C=O) groups is 1. The van der Waals surface area contributed by atoms with Crippen LogP contribution < -0.4 is 5.32 Å². The molecule has 0 radical (unpaired) electrons. The number of hydrogen-bond donors (Lipinski definition) is 1. The van der Waals surface area contributed by atoms with Gasteiger partial charge in [-0.15, -0.1) is 0 Å². The lowest BCUT2D eigenvalue weighted by molar-refractivity contribution is 0.102. The Labute approximate surface area is 171 Å². The minimum Gasteiger partial charge on any atom is -0.318 e. The number of pyridine rings is 2. The lowest BCUT2D eigenvalue weighted by Gasteiger charge is -2.12. The summed E-state index contributed by atoms with van der Waals surface area (Å²) in [6.07, 6.45) is 7.81. The second-order valence-electron chi connectivity index (χ2n) is 7.27. The van der Waals surface area contributed by atoms with Gasteiger partial charge >= 0.3 is 0 Å². The van der Waals surface area contributed by atoms with Crippen LogP contribution in [0.15, 0.2) is 36.7 Å². The van der Waals surface area contributed by atoms with Crippen molar-refractivity contribution >= 4 is 34.8 Å². The van der Waals surface area contributed by atoms with Crippen molar-refractivity contribution < 1.29 is 4.79 Å². The fourth-order valence-corrected chi connectivity index (χ4v) is 3.75. The maximum atomic E-state index is 12.4.